The van der Waals surface area contributed by atoms with Crippen molar-refractivity contribution in [3.8, 4) is 0 Å². The van der Waals surface area contributed by atoms with E-state index in [1.165, 1.54) is 0 Å². The first kappa shape index (κ1) is 14.3. The number of hydrogen-bond donors (Lipinski definition) is 1. The largest absolute Gasteiger partial charge is 0.453 e. The monoisotopic (exact) mass is 319 g/mol. The van der Waals surface area contributed by atoms with Crippen LogP contribution < -0.4 is 0 Å². The van der Waals surface area contributed by atoms with Crippen LogP contribution in [-0.2, 0) is 4.74 Å². The van der Waals surface area contributed by atoms with Gasteiger partial charge in [0.1, 0.15) is 11.3 Å². The fourth-order valence-electron chi connectivity index (χ4n) is 2.58. The number of H-pyrrole nitrogens is 1. The maximum absolute atomic E-state index is 12.1. The molecule has 0 radical (unpaired) electrons. The van der Waals surface area contributed by atoms with Gasteiger partial charge in [-0.15, -0.1) is 0 Å². The van der Waals surface area contributed by atoms with E-state index in [9.17, 15) is 9.59 Å². The molecule has 0 aliphatic carbocycles. The summed E-state index contributed by atoms with van der Waals surface area (Å²) in [4.78, 5) is 27.2. The van der Waals surface area contributed by atoms with Crippen molar-refractivity contribution in [1.82, 2.24) is 4.98 Å². The Bertz CT molecular complexity index is 905. The maximum Gasteiger partial charge on any atom is 0.355 e. The van der Waals surface area contributed by atoms with Gasteiger partial charge in [0.2, 0.25) is 5.78 Å². The topological polar surface area (TPSA) is 72.3 Å². The van der Waals surface area contributed by atoms with Crippen molar-refractivity contribution in [2.24, 2.45) is 0 Å². The average Bonchev–Trinajstić information content (AvgIpc) is 3.23. The molecule has 0 unspecified atom stereocenters. The van der Waals surface area contributed by atoms with Crippen LogP contribution in [-0.4, -0.2) is 23.3 Å². The Labute approximate surface area is 136 Å². The van der Waals surface area contributed by atoms with Crippen molar-refractivity contribution < 1.29 is 18.7 Å². The number of para-hydroxylation sites is 2. The number of fused-ring (bicyclic) bond motifs is 2. The van der Waals surface area contributed by atoms with E-state index in [4.69, 9.17) is 9.15 Å². The van der Waals surface area contributed by atoms with Gasteiger partial charge in [-0.3, -0.25) is 4.79 Å². The Morgan fingerprint density at radius 1 is 0.958 bits per heavy atom. The van der Waals surface area contributed by atoms with Gasteiger partial charge in [0.05, 0.1) is 0 Å². The minimum Gasteiger partial charge on any atom is -0.453 e. The number of ketones is 1. The zero-order valence-corrected chi connectivity index (χ0v) is 12.6. The fraction of sp³-hybridized carbons (Fsp3) is 0.0526. The van der Waals surface area contributed by atoms with Gasteiger partial charge >= 0.3 is 5.97 Å². The number of esters is 1. The second-order valence-electron chi connectivity index (χ2n) is 5.42. The molecular formula is C19H13NO4. The van der Waals surface area contributed by atoms with Gasteiger partial charge in [-0.2, -0.15) is 0 Å². The minimum atomic E-state index is -0.573. The van der Waals surface area contributed by atoms with Crippen LogP contribution in [0.15, 0.2) is 65.1 Å². The molecule has 2 heterocycles. The van der Waals surface area contributed by atoms with Crippen molar-refractivity contribution in [3.63, 3.8) is 0 Å². The number of furan rings is 1. The summed E-state index contributed by atoms with van der Waals surface area (Å²) in [6.07, 6.45) is 0. The van der Waals surface area contributed by atoms with Gasteiger partial charge in [-0.25, -0.2) is 4.79 Å². The standard InChI is InChI=1S/C19H13NO4/c21-16(18-10-13-6-2-4-8-17(13)24-18)11-23-19(22)15-9-12-5-1-3-7-14(12)20-15/h1-10,20H,11H2. The summed E-state index contributed by atoms with van der Waals surface area (Å²) < 4.78 is 10.6. The average molecular weight is 319 g/mol. The number of hydrogen-bond acceptors (Lipinski definition) is 4. The van der Waals surface area contributed by atoms with Crippen LogP contribution >= 0.6 is 0 Å². The van der Waals surface area contributed by atoms with Crippen LogP contribution in [0.4, 0.5) is 0 Å². The molecule has 4 rings (SSSR count). The highest BCUT2D eigenvalue weighted by Crippen LogP contribution is 2.19. The molecule has 2 aromatic heterocycles. The van der Waals surface area contributed by atoms with E-state index in [1.54, 1.807) is 18.2 Å². The molecule has 4 aromatic rings. The van der Waals surface area contributed by atoms with Gasteiger partial charge in [-0.05, 0) is 24.3 Å². The molecule has 0 atom stereocenters. The third-order valence-electron chi connectivity index (χ3n) is 3.78. The number of carbonyl (C=O) groups excluding carboxylic acids is 2. The lowest BCUT2D eigenvalue weighted by Gasteiger charge is -2.00. The predicted octanol–water partition coefficient (Wildman–Crippen LogP) is 3.95. The number of carbonyl (C=O) groups is 2. The van der Waals surface area contributed by atoms with E-state index < -0.39 is 5.97 Å². The van der Waals surface area contributed by atoms with Crippen LogP contribution in [0.1, 0.15) is 21.0 Å². The first-order chi connectivity index (χ1) is 11.7. The molecule has 5 nitrogen and oxygen atoms in total. The van der Waals surface area contributed by atoms with E-state index in [-0.39, 0.29) is 18.2 Å². The lowest BCUT2D eigenvalue weighted by Crippen LogP contribution is -2.14. The Kier molecular flexibility index (Phi) is 3.39. The van der Waals surface area contributed by atoms with Crippen molar-refractivity contribution in [3.05, 3.63) is 72.1 Å². The number of nitrogens with one attached hydrogen (secondary N) is 1. The van der Waals surface area contributed by atoms with Gasteiger partial charge in [-0.1, -0.05) is 36.4 Å². The molecule has 0 saturated heterocycles. The molecule has 0 aliphatic heterocycles. The summed E-state index contributed by atoms with van der Waals surface area (Å²) in [7, 11) is 0. The Hall–Kier alpha value is -3.34. The van der Waals surface area contributed by atoms with E-state index in [0.717, 1.165) is 16.3 Å². The lowest BCUT2D eigenvalue weighted by atomic mass is 10.2. The second kappa shape index (κ2) is 5.70. The van der Waals surface area contributed by atoms with Crippen molar-refractivity contribution >= 4 is 33.6 Å². The summed E-state index contributed by atoms with van der Waals surface area (Å²) in [6, 6.07) is 18.2. The van der Waals surface area contributed by atoms with Gasteiger partial charge in [0, 0.05) is 16.3 Å². The number of ether oxygens (including phenoxy) is 1. The quantitative estimate of drug-likeness (QED) is 0.456. The minimum absolute atomic E-state index is 0.181. The van der Waals surface area contributed by atoms with E-state index in [0.29, 0.717) is 11.3 Å². The smallest absolute Gasteiger partial charge is 0.355 e. The first-order valence-electron chi connectivity index (χ1n) is 7.47. The SMILES string of the molecule is O=C(OCC(=O)c1cc2ccccc2o1)c1cc2ccccc2[nH]1. The highest BCUT2D eigenvalue weighted by Gasteiger charge is 2.16. The van der Waals surface area contributed by atoms with Crippen LogP contribution in [0.5, 0.6) is 0 Å². The molecule has 1 N–H and O–H groups in total. The van der Waals surface area contributed by atoms with Crippen LogP contribution in [0.25, 0.3) is 21.9 Å². The van der Waals surface area contributed by atoms with Gasteiger partial charge < -0.3 is 14.1 Å². The molecular weight excluding hydrogens is 306 g/mol. The first-order valence-corrected chi connectivity index (χ1v) is 7.47. The number of rotatable bonds is 4. The van der Waals surface area contributed by atoms with Gasteiger partial charge in [0.25, 0.3) is 0 Å². The molecule has 0 amide bonds. The zero-order valence-electron chi connectivity index (χ0n) is 12.6. The third-order valence-corrected chi connectivity index (χ3v) is 3.78. The number of benzene rings is 2. The Balaban J connectivity index is 1.47. The zero-order chi connectivity index (χ0) is 16.5. The lowest BCUT2D eigenvalue weighted by molar-refractivity contribution is 0.0463. The van der Waals surface area contributed by atoms with E-state index in [2.05, 4.69) is 4.98 Å². The highest BCUT2D eigenvalue weighted by atomic mass is 16.5. The van der Waals surface area contributed by atoms with Crippen molar-refractivity contribution in [2.75, 3.05) is 6.61 Å². The van der Waals surface area contributed by atoms with Gasteiger partial charge in [0.15, 0.2) is 12.4 Å². The Morgan fingerprint density at radius 2 is 1.71 bits per heavy atom. The third kappa shape index (κ3) is 2.56. The molecule has 0 aliphatic rings. The van der Waals surface area contributed by atoms with Crippen molar-refractivity contribution in [2.45, 2.75) is 0 Å². The number of aromatic amines is 1. The van der Waals surface area contributed by atoms with Crippen molar-refractivity contribution in [1.29, 1.82) is 0 Å². The maximum atomic E-state index is 12.1. The normalized spacial score (nSPS) is 11.0. The second-order valence-corrected chi connectivity index (χ2v) is 5.42. The summed E-state index contributed by atoms with van der Waals surface area (Å²) in [5.41, 5.74) is 1.78. The molecule has 0 bridgehead atoms. The number of aromatic nitrogens is 1. The molecule has 2 aromatic carbocycles. The summed E-state index contributed by atoms with van der Waals surface area (Å²) in [6.45, 7) is -0.367. The fourth-order valence-corrected chi connectivity index (χ4v) is 2.58. The number of Topliss-reactive ketones (excluding diaryl/α,β-unsaturated/α-hetero) is 1. The van der Waals surface area contributed by atoms with E-state index >= 15 is 0 Å². The molecule has 0 spiro atoms. The summed E-state index contributed by atoms with van der Waals surface area (Å²) in [5, 5.41) is 1.75. The summed E-state index contributed by atoms with van der Waals surface area (Å²) >= 11 is 0. The predicted molar refractivity (Wildman–Crippen MR) is 89.1 cm³/mol. The summed E-state index contributed by atoms with van der Waals surface area (Å²) in [5.74, 6) is -0.771. The van der Waals surface area contributed by atoms with Crippen LogP contribution in [0, 0.1) is 0 Å². The van der Waals surface area contributed by atoms with Crippen LogP contribution in [0.2, 0.25) is 0 Å². The molecule has 24 heavy (non-hydrogen) atoms. The molecule has 5 heteroatoms. The van der Waals surface area contributed by atoms with Crippen LogP contribution in [0.3, 0.4) is 0 Å². The Morgan fingerprint density at radius 3 is 2.50 bits per heavy atom. The highest BCUT2D eigenvalue weighted by molar-refractivity contribution is 6.00. The molecule has 118 valence electrons. The molecule has 0 fully saturated rings. The van der Waals surface area contributed by atoms with E-state index in [1.807, 2.05) is 42.5 Å². The molecule has 0 saturated carbocycles.